The molecule has 14 heavy (non-hydrogen) atoms. The summed E-state index contributed by atoms with van der Waals surface area (Å²) in [6.45, 7) is 6.31. The van der Waals surface area contributed by atoms with Gasteiger partial charge in [0.05, 0.1) is 7.11 Å². The number of hydrogen-bond donors (Lipinski definition) is 1. The summed E-state index contributed by atoms with van der Waals surface area (Å²) >= 11 is 0. The first-order valence-corrected chi connectivity index (χ1v) is 4.97. The zero-order chi connectivity index (χ0) is 10.7. The van der Waals surface area contributed by atoms with Crippen LogP contribution in [0.1, 0.15) is 31.0 Å². The molecule has 1 aromatic carbocycles. The second kappa shape index (κ2) is 4.47. The molecule has 1 rings (SSSR count). The van der Waals surface area contributed by atoms with Crippen LogP contribution < -0.4 is 10.5 Å². The molecular weight excluding hydrogens is 174 g/mol. The lowest BCUT2D eigenvalue weighted by molar-refractivity contribution is 0.395. The molecule has 0 aliphatic heterocycles. The highest BCUT2D eigenvalue weighted by molar-refractivity contribution is 5.41. The van der Waals surface area contributed by atoms with Crippen molar-refractivity contribution in [1.29, 1.82) is 0 Å². The monoisotopic (exact) mass is 193 g/mol. The van der Waals surface area contributed by atoms with Crippen LogP contribution >= 0.6 is 0 Å². The van der Waals surface area contributed by atoms with E-state index in [1.165, 1.54) is 5.56 Å². The molecule has 0 bridgehead atoms. The van der Waals surface area contributed by atoms with Crippen molar-refractivity contribution in [3.63, 3.8) is 0 Å². The smallest absolute Gasteiger partial charge is 0.123 e. The summed E-state index contributed by atoms with van der Waals surface area (Å²) in [5.41, 5.74) is 8.46. The molecule has 0 fully saturated rings. The maximum absolute atomic E-state index is 6.14. The third kappa shape index (κ3) is 2.07. The zero-order valence-electron chi connectivity index (χ0n) is 9.37. The van der Waals surface area contributed by atoms with Crippen molar-refractivity contribution in [2.75, 3.05) is 7.11 Å². The molecule has 0 aliphatic rings. The number of methoxy groups -OCH3 is 1. The highest BCUT2D eigenvalue weighted by Crippen LogP contribution is 2.30. The lowest BCUT2D eigenvalue weighted by Gasteiger charge is -2.21. The Balaban J connectivity index is 3.16. The SMILES string of the molecule is COc1cccc(C)c1C(N)C(C)C. The molecule has 1 aromatic rings. The molecule has 0 spiro atoms. The summed E-state index contributed by atoms with van der Waals surface area (Å²) in [6.07, 6.45) is 0. The minimum Gasteiger partial charge on any atom is -0.496 e. The largest absolute Gasteiger partial charge is 0.496 e. The predicted molar refractivity (Wildman–Crippen MR) is 59.5 cm³/mol. The quantitative estimate of drug-likeness (QED) is 0.801. The van der Waals surface area contributed by atoms with Crippen molar-refractivity contribution in [2.24, 2.45) is 11.7 Å². The van der Waals surface area contributed by atoms with Gasteiger partial charge >= 0.3 is 0 Å². The highest BCUT2D eigenvalue weighted by Gasteiger charge is 2.16. The van der Waals surface area contributed by atoms with E-state index >= 15 is 0 Å². The van der Waals surface area contributed by atoms with E-state index in [0.29, 0.717) is 5.92 Å². The van der Waals surface area contributed by atoms with Crippen molar-refractivity contribution in [3.8, 4) is 5.75 Å². The van der Waals surface area contributed by atoms with Gasteiger partial charge in [0, 0.05) is 11.6 Å². The molecule has 2 nitrogen and oxygen atoms in total. The van der Waals surface area contributed by atoms with Crippen LogP contribution in [0.25, 0.3) is 0 Å². The Labute approximate surface area is 86.1 Å². The molecular formula is C12H19NO. The van der Waals surface area contributed by atoms with Gasteiger partial charge in [-0.1, -0.05) is 26.0 Å². The van der Waals surface area contributed by atoms with E-state index in [2.05, 4.69) is 26.8 Å². The Kier molecular flexibility index (Phi) is 3.53. The number of hydrogen-bond acceptors (Lipinski definition) is 2. The van der Waals surface area contributed by atoms with Gasteiger partial charge in [-0.15, -0.1) is 0 Å². The molecule has 0 aromatic heterocycles. The first-order valence-electron chi connectivity index (χ1n) is 4.97. The minimum atomic E-state index is 0.0474. The lowest BCUT2D eigenvalue weighted by Crippen LogP contribution is -2.18. The fourth-order valence-corrected chi connectivity index (χ4v) is 1.59. The number of nitrogens with two attached hydrogens (primary N) is 1. The molecule has 0 saturated carbocycles. The number of aryl methyl sites for hydroxylation is 1. The summed E-state index contributed by atoms with van der Waals surface area (Å²) < 4.78 is 5.32. The van der Waals surface area contributed by atoms with Gasteiger partial charge in [0.25, 0.3) is 0 Å². The van der Waals surface area contributed by atoms with Gasteiger partial charge in [0.15, 0.2) is 0 Å². The average Bonchev–Trinajstić information content (AvgIpc) is 2.16. The molecule has 0 aliphatic carbocycles. The molecule has 78 valence electrons. The van der Waals surface area contributed by atoms with E-state index in [4.69, 9.17) is 10.5 Å². The summed E-state index contributed by atoms with van der Waals surface area (Å²) in [6, 6.07) is 6.07. The molecule has 2 heteroatoms. The summed E-state index contributed by atoms with van der Waals surface area (Å²) in [4.78, 5) is 0. The van der Waals surface area contributed by atoms with Gasteiger partial charge in [-0.05, 0) is 24.5 Å². The summed E-state index contributed by atoms with van der Waals surface area (Å²) in [5.74, 6) is 1.32. The standard InChI is InChI=1S/C12H19NO/c1-8(2)12(13)11-9(3)6-5-7-10(11)14-4/h5-8,12H,13H2,1-4H3. The Bertz CT molecular complexity index is 307. The molecule has 1 unspecified atom stereocenters. The van der Waals surface area contributed by atoms with E-state index < -0.39 is 0 Å². The molecule has 0 amide bonds. The molecule has 0 heterocycles. The molecule has 2 N–H and O–H groups in total. The van der Waals surface area contributed by atoms with E-state index in [1.54, 1.807) is 7.11 Å². The van der Waals surface area contributed by atoms with Crippen LogP contribution in [0.15, 0.2) is 18.2 Å². The average molecular weight is 193 g/mol. The third-order valence-corrected chi connectivity index (χ3v) is 2.56. The van der Waals surface area contributed by atoms with E-state index in [1.807, 2.05) is 12.1 Å². The van der Waals surface area contributed by atoms with Gasteiger partial charge in [0.1, 0.15) is 5.75 Å². The van der Waals surface area contributed by atoms with E-state index in [-0.39, 0.29) is 6.04 Å². The second-order valence-electron chi connectivity index (χ2n) is 3.96. The third-order valence-electron chi connectivity index (χ3n) is 2.56. The van der Waals surface area contributed by atoms with Crippen LogP contribution in [0.5, 0.6) is 5.75 Å². The van der Waals surface area contributed by atoms with E-state index in [0.717, 1.165) is 11.3 Å². The maximum Gasteiger partial charge on any atom is 0.123 e. The van der Waals surface area contributed by atoms with Crippen molar-refractivity contribution in [2.45, 2.75) is 26.8 Å². The maximum atomic E-state index is 6.14. The van der Waals surface area contributed by atoms with Crippen LogP contribution in [-0.4, -0.2) is 7.11 Å². The van der Waals surface area contributed by atoms with Gasteiger partial charge in [0.2, 0.25) is 0 Å². The van der Waals surface area contributed by atoms with Crippen LogP contribution in [0, 0.1) is 12.8 Å². The second-order valence-corrected chi connectivity index (χ2v) is 3.96. The normalized spacial score (nSPS) is 13.0. The topological polar surface area (TPSA) is 35.2 Å². The van der Waals surface area contributed by atoms with Gasteiger partial charge < -0.3 is 10.5 Å². The van der Waals surface area contributed by atoms with Crippen LogP contribution in [0.2, 0.25) is 0 Å². The molecule has 0 radical (unpaired) electrons. The minimum absolute atomic E-state index is 0.0474. The Morgan fingerprint density at radius 1 is 1.29 bits per heavy atom. The first kappa shape index (κ1) is 11.1. The lowest BCUT2D eigenvalue weighted by atomic mass is 9.93. The summed E-state index contributed by atoms with van der Waals surface area (Å²) in [5, 5.41) is 0. The molecule has 1 atom stereocenters. The van der Waals surface area contributed by atoms with Crippen molar-refractivity contribution >= 4 is 0 Å². The van der Waals surface area contributed by atoms with Crippen LogP contribution in [-0.2, 0) is 0 Å². The van der Waals surface area contributed by atoms with E-state index in [9.17, 15) is 0 Å². The number of ether oxygens (including phenoxy) is 1. The van der Waals surface area contributed by atoms with Gasteiger partial charge in [-0.2, -0.15) is 0 Å². The zero-order valence-corrected chi connectivity index (χ0v) is 9.37. The highest BCUT2D eigenvalue weighted by atomic mass is 16.5. The van der Waals surface area contributed by atoms with Crippen molar-refractivity contribution < 1.29 is 4.74 Å². The Morgan fingerprint density at radius 2 is 1.93 bits per heavy atom. The Morgan fingerprint density at radius 3 is 2.43 bits per heavy atom. The Hall–Kier alpha value is -1.02. The predicted octanol–water partition coefficient (Wildman–Crippen LogP) is 2.66. The van der Waals surface area contributed by atoms with Crippen LogP contribution in [0.4, 0.5) is 0 Å². The van der Waals surface area contributed by atoms with Crippen molar-refractivity contribution in [3.05, 3.63) is 29.3 Å². The number of rotatable bonds is 3. The molecule has 0 saturated heterocycles. The fourth-order valence-electron chi connectivity index (χ4n) is 1.59. The van der Waals surface area contributed by atoms with Crippen molar-refractivity contribution in [1.82, 2.24) is 0 Å². The summed E-state index contributed by atoms with van der Waals surface area (Å²) in [7, 11) is 1.69. The van der Waals surface area contributed by atoms with Gasteiger partial charge in [-0.3, -0.25) is 0 Å². The fraction of sp³-hybridized carbons (Fsp3) is 0.500. The first-order chi connectivity index (χ1) is 6.57. The van der Waals surface area contributed by atoms with Crippen LogP contribution in [0.3, 0.4) is 0 Å². The number of benzene rings is 1. The van der Waals surface area contributed by atoms with Gasteiger partial charge in [-0.25, -0.2) is 0 Å².